The average molecular weight is 138 g/mol. The van der Waals surface area contributed by atoms with E-state index in [1.165, 1.54) is 0 Å². The van der Waals surface area contributed by atoms with E-state index in [1.54, 1.807) is 0 Å². The van der Waals surface area contributed by atoms with E-state index >= 15 is 0 Å². The second-order valence-electron chi connectivity index (χ2n) is 0. The van der Waals surface area contributed by atoms with Gasteiger partial charge in [-0.1, -0.05) is 0 Å². The maximum atomic E-state index is 8.25. The van der Waals surface area contributed by atoms with Crippen LogP contribution < -0.4 is 34.7 Å². The molecular formula is CH5Na2NiO-. The van der Waals surface area contributed by atoms with Crippen LogP contribution in [0.2, 0.25) is 0 Å². The molecule has 0 fully saturated rings. The minimum atomic E-state index is 0. The van der Waals surface area contributed by atoms with Gasteiger partial charge in [-0.25, -0.2) is 0 Å². The van der Waals surface area contributed by atoms with Crippen molar-refractivity contribution in [2.24, 2.45) is 0 Å². The van der Waals surface area contributed by atoms with Gasteiger partial charge in [0.25, 0.3) is 0 Å². The molecule has 0 radical (unpaired) electrons. The molecule has 0 heterocycles. The zero-order valence-corrected chi connectivity index (χ0v) is 5.71. The second kappa shape index (κ2) is 31.9. The van der Waals surface area contributed by atoms with Crippen LogP contribution in [0.25, 0.3) is 0 Å². The molecule has 0 aliphatic carbocycles. The van der Waals surface area contributed by atoms with Gasteiger partial charge in [0.2, 0.25) is 0 Å². The molecule has 0 aliphatic heterocycles. The fraction of sp³-hybridized carbons (Fsp3) is 1.00. The molecular weight excluding hydrogens is 133 g/mol. The van der Waals surface area contributed by atoms with E-state index in [-0.39, 0.29) is 77.0 Å². The fourth-order valence-electron chi connectivity index (χ4n) is 0. The van der Waals surface area contributed by atoms with Crippen LogP contribution in [0.4, 0.5) is 0 Å². The van der Waals surface area contributed by atoms with Crippen LogP contribution in [-0.4, -0.2) is 36.7 Å². The molecule has 0 atom stereocenters. The van der Waals surface area contributed by atoms with Crippen molar-refractivity contribution in [2.45, 2.75) is 0 Å². The van der Waals surface area contributed by atoms with E-state index < -0.39 is 0 Å². The Labute approximate surface area is 87.9 Å². The van der Waals surface area contributed by atoms with Crippen LogP contribution in [0.3, 0.4) is 0 Å². The SMILES string of the molecule is C[O-].[H-].[Na+].[NaH].[Ni]. The summed E-state index contributed by atoms with van der Waals surface area (Å²) in [5, 5.41) is 8.25. The summed E-state index contributed by atoms with van der Waals surface area (Å²) in [5.74, 6) is 0. The van der Waals surface area contributed by atoms with Crippen molar-refractivity contribution in [3.63, 3.8) is 0 Å². The van der Waals surface area contributed by atoms with E-state index in [4.69, 9.17) is 5.11 Å². The Morgan fingerprint density at radius 1 is 1.40 bits per heavy atom. The fourth-order valence-corrected chi connectivity index (χ4v) is 0. The van der Waals surface area contributed by atoms with E-state index in [0.29, 0.717) is 0 Å². The van der Waals surface area contributed by atoms with E-state index in [0.717, 1.165) is 7.11 Å². The Bertz CT molecular complexity index is 13.5. The Morgan fingerprint density at radius 3 is 1.40 bits per heavy atom. The third kappa shape index (κ3) is 21.3. The molecule has 0 N–H and O–H groups in total. The number of hydrogen-bond acceptors (Lipinski definition) is 1. The summed E-state index contributed by atoms with van der Waals surface area (Å²) >= 11 is 0. The minimum Gasteiger partial charge on any atom is 0 e. The van der Waals surface area contributed by atoms with Gasteiger partial charge in [-0.05, 0) is 0 Å². The first-order chi connectivity index (χ1) is 1.00. The molecule has 0 amide bonds. The number of rotatable bonds is 0. The number of hydrogen-bond donors (Lipinski definition) is 0. The largest absolute Gasteiger partial charge is 0 e. The van der Waals surface area contributed by atoms with Crippen LogP contribution >= 0.6 is 0 Å². The molecule has 1 nitrogen and oxygen atoms in total. The average Bonchev–Trinajstić information content (AvgIpc) is 1.00. The molecule has 0 aromatic carbocycles. The maximum absolute atomic E-state index is 8.25. The molecule has 0 saturated carbocycles. The van der Waals surface area contributed by atoms with Crippen molar-refractivity contribution in [1.29, 1.82) is 0 Å². The molecule has 0 unspecified atom stereocenters. The van der Waals surface area contributed by atoms with Gasteiger partial charge in [-0.3, -0.25) is 0 Å². The smallest absolute Gasteiger partial charge is 0 e. The standard InChI is InChI=1S/CH3O.2Na.Ni.2H/c1-2;;;;;/h1H3;;;;;/q-1;;+1;;;-1. The quantitative estimate of drug-likeness (QED) is 0.309. The van der Waals surface area contributed by atoms with Crippen molar-refractivity contribution in [3.8, 4) is 0 Å². The third-order valence-electron chi connectivity index (χ3n) is 0. The maximum Gasteiger partial charge on any atom is 0 e. The first-order valence-corrected chi connectivity index (χ1v) is 0.408. The van der Waals surface area contributed by atoms with Gasteiger partial charge in [0, 0.05) is 16.5 Å². The van der Waals surface area contributed by atoms with Crippen LogP contribution in [-0.2, 0) is 16.5 Å². The van der Waals surface area contributed by atoms with Crippen molar-refractivity contribution >= 4 is 29.6 Å². The Kier molecular flexibility index (Phi) is 166. The molecule has 4 heteroatoms. The predicted octanol–water partition coefficient (Wildman–Crippen LogP) is -4.56. The van der Waals surface area contributed by atoms with Crippen molar-refractivity contribution in [1.82, 2.24) is 0 Å². The zero-order chi connectivity index (χ0) is 2.00. The monoisotopic (exact) mass is 137 g/mol. The van der Waals surface area contributed by atoms with Crippen LogP contribution in [0, 0.1) is 0 Å². The Balaban J connectivity index is -0.000000000833. The molecule has 5 heavy (non-hydrogen) atoms. The third-order valence-corrected chi connectivity index (χ3v) is 0. The molecule has 0 bridgehead atoms. The molecule has 28 valence electrons. The van der Waals surface area contributed by atoms with Gasteiger partial charge in [-0.15, -0.1) is 0 Å². The first-order valence-electron chi connectivity index (χ1n) is 0.408. The van der Waals surface area contributed by atoms with Crippen LogP contribution in [0.5, 0.6) is 0 Å². The summed E-state index contributed by atoms with van der Waals surface area (Å²) in [6, 6.07) is 0. The minimum absolute atomic E-state index is 0. The molecule has 0 spiro atoms. The summed E-state index contributed by atoms with van der Waals surface area (Å²) < 4.78 is 0. The molecule has 0 aromatic rings. The molecule has 0 rings (SSSR count). The zero-order valence-electron chi connectivity index (χ0n) is 3.72. The van der Waals surface area contributed by atoms with Gasteiger partial charge in [0.05, 0.1) is 0 Å². The van der Waals surface area contributed by atoms with E-state index in [1.807, 2.05) is 0 Å². The van der Waals surface area contributed by atoms with E-state index in [9.17, 15) is 0 Å². The summed E-state index contributed by atoms with van der Waals surface area (Å²) in [6.45, 7) is 0. The second-order valence-corrected chi connectivity index (χ2v) is 0. The Morgan fingerprint density at radius 2 is 1.40 bits per heavy atom. The molecule has 0 saturated heterocycles. The van der Waals surface area contributed by atoms with Crippen LogP contribution in [0.15, 0.2) is 0 Å². The predicted molar refractivity (Wildman–Crippen MR) is 14.2 cm³/mol. The first kappa shape index (κ1) is 26.0. The normalized spacial score (nSPS) is 1.20. The van der Waals surface area contributed by atoms with E-state index in [2.05, 4.69) is 0 Å². The van der Waals surface area contributed by atoms with Gasteiger partial charge >= 0.3 is 59.1 Å². The van der Waals surface area contributed by atoms with Crippen LogP contribution in [0.1, 0.15) is 1.43 Å². The Hall–Kier alpha value is 2.45. The molecule has 0 aliphatic rings. The van der Waals surface area contributed by atoms with Gasteiger partial charge in [-0.2, -0.15) is 7.11 Å². The van der Waals surface area contributed by atoms with Gasteiger partial charge < -0.3 is 6.53 Å². The summed E-state index contributed by atoms with van der Waals surface area (Å²) in [5.41, 5.74) is 0. The molecule has 0 aromatic heterocycles. The van der Waals surface area contributed by atoms with Crippen molar-refractivity contribution in [2.75, 3.05) is 7.11 Å². The van der Waals surface area contributed by atoms with Crippen molar-refractivity contribution in [3.05, 3.63) is 0 Å². The summed E-state index contributed by atoms with van der Waals surface area (Å²) in [6.07, 6.45) is 0. The summed E-state index contributed by atoms with van der Waals surface area (Å²) in [4.78, 5) is 0. The summed E-state index contributed by atoms with van der Waals surface area (Å²) in [7, 11) is 0.750. The van der Waals surface area contributed by atoms with Gasteiger partial charge in [0.1, 0.15) is 0 Å². The van der Waals surface area contributed by atoms with Crippen molar-refractivity contribution < 1.29 is 52.6 Å². The topological polar surface area (TPSA) is 23.1 Å². The van der Waals surface area contributed by atoms with Gasteiger partial charge in [0.15, 0.2) is 0 Å².